The molecule has 0 spiro atoms. The molecule has 172 valence electrons. The summed E-state index contributed by atoms with van der Waals surface area (Å²) in [7, 11) is -1.16. The van der Waals surface area contributed by atoms with Gasteiger partial charge in [0.1, 0.15) is 22.2 Å². The highest BCUT2D eigenvalue weighted by atomic mass is 32.2. The molecular weight excluding hydrogens is 449 g/mol. The van der Waals surface area contributed by atoms with E-state index in [4.69, 9.17) is 9.47 Å². The van der Waals surface area contributed by atoms with Crippen molar-refractivity contribution in [1.29, 1.82) is 0 Å². The fourth-order valence-electron chi connectivity index (χ4n) is 2.84. The molecule has 0 aromatic heterocycles. The van der Waals surface area contributed by atoms with E-state index in [0.717, 1.165) is 0 Å². The minimum absolute atomic E-state index is 0.0822. The third kappa shape index (κ3) is 5.86. The van der Waals surface area contributed by atoms with Crippen molar-refractivity contribution in [2.45, 2.75) is 11.8 Å². The van der Waals surface area contributed by atoms with Crippen LogP contribution in [-0.2, 0) is 10.0 Å². The maximum atomic E-state index is 13.0. The summed E-state index contributed by atoms with van der Waals surface area (Å²) in [4.78, 5) is 14.3. The van der Waals surface area contributed by atoms with Gasteiger partial charge in [-0.2, -0.15) is 18.4 Å². The first-order chi connectivity index (χ1) is 15.7. The number of nitrogens with one attached hydrogen (secondary N) is 2. The van der Waals surface area contributed by atoms with E-state index in [1.807, 2.05) is 0 Å². The summed E-state index contributed by atoms with van der Waals surface area (Å²) in [6, 6.07) is 16.2. The molecule has 8 nitrogen and oxygen atoms in total. The minimum Gasteiger partial charge on any atom is -0.497 e. The third-order valence-corrected chi connectivity index (χ3v) is 5.91. The van der Waals surface area contributed by atoms with E-state index < -0.39 is 15.8 Å². The third-order valence-electron chi connectivity index (χ3n) is 4.66. The maximum Gasteiger partial charge on any atom is 0.280 e. The highest BCUT2D eigenvalue weighted by Crippen LogP contribution is 2.28. The van der Waals surface area contributed by atoms with Crippen LogP contribution in [0.15, 0.2) is 76.7 Å². The first kappa shape index (κ1) is 23.7. The number of halogens is 1. The average Bonchev–Trinajstić information content (AvgIpc) is 2.83. The van der Waals surface area contributed by atoms with Crippen LogP contribution in [-0.4, -0.2) is 34.3 Å². The van der Waals surface area contributed by atoms with Gasteiger partial charge in [0.2, 0.25) is 0 Å². The Morgan fingerprint density at radius 1 is 0.909 bits per heavy atom. The molecule has 0 heterocycles. The predicted octanol–water partition coefficient (Wildman–Crippen LogP) is 3.80. The van der Waals surface area contributed by atoms with Crippen molar-refractivity contribution < 1.29 is 27.1 Å². The van der Waals surface area contributed by atoms with E-state index in [1.54, 1.807) is 31.2 Å². The molecule has 0 saturated heterocycles. The van der Waals surface area contributed by atoms with Gasteiger partial charge >= 0.3 is 0 Å². The average molecular weight is 472 g/mol. The van der Waals surface area contributed by atoms with Gasteiger partial charge in [-0.3, -0.25) is 4.79 Å². The lowest BCUT2D eigenvalue weighted by Crippen LogP contribution is -2.20. The molecule has 2 N–H and O–H groups in total. The number of benzene rings is 3. The molecule has 0 saturated carbocycles. The predicted molar refractivity (Wildman–Crippen MR) is 123 cm³/mol. The quantitative estimate of drug-likeness (QED) is 0.384. The normalized spacial score (nSPS) is 11.6. The molecule has 3 rings (SSSR count). The number of hydrogen-bond acceptors (Lipinski definition) is 6. The Morgan fingerprint density at radius 2 is 1.55 bits per heavy atom. The first-order valence-corrected chi connectivity index (χ1v) is 11.2. The molecular formula is C23H22FN3O5S. The number of amides is 1. The summed E-state index contributed by atoms with van der Waals surface area (Å²) in [5.74, 6) is -0.228. The Kier molecular flexibility index (Phi) is 7.29. The second-order valence-corrected chi connectivity index (χ2v) is 8.48. The van der Waals surface area contributed by atoms with E-state index in [2.05, 4.69) is 15.2 Å². The zero-order chi connectivity index (χ0) is 24.0. The number of hydrazone groups is 1. The molecule has 0 bridgehead atoms. The van der Waals surface area contributed by atoms with Crippen molar-refractivity contribution in [3.63, 3.8) is 0 Å². The van der Waals surface area contributed by atoms with Gasteiger partial charge in [-0.05, 0) is 61.0 Å². The van der Waals surface area contributed by atoms with Crippen LogP contribution in [0, 0.1) is 5.82 Å². The number of anilines is 1. The zero-order valence-electron chi connectivity index (χ0n) is 18.1. The van der Waals surface area contributed by atoms with Crippen LogP contribution in [0.1, 0.15) is 22.8 Å². The number of methoxy groups -OCH3 is 2. The summed E-state index contributed by atoms with van der Waals surface area (Å²) in [5.41, 5.74) is 1.88. The summed E-state index contributed by atoms with van der Waals surface area (Å²) in [6.45, 7) is 1.64. The topological polar surface area (TPSA) is 106 Å². The van der Waals surface area contributed by atoms with Gasteiger partial charge in [0.15, 0.2) is 0 Å². The fourth-order valence-corrected chi connectivity index (χ4v) is 3.85. The molecule has 0 aliphatic rings. The fraction of sp³-hybridized carbons (Fsp3) is 0.130. The largest absolute Gasteiger partial charge is 0.497 e. The molecule has 0 aliphatic heterocycles. The van der Waals surface area contributed by atoms with Gasteiger partial charge in [-0.25, -0.2) is 4.39 Å². The number of sulfonamides is 1. The summed E-state index contributed by atoms with van der Waals surface area (Å²) in [5, 5.41) is 6.68. The SMILES string of the molecule is COc1ccc(S(=O)(=O)N/N=C(/C)c2ccc(NC(=O)c3ccc(F)cc3)cc2)c(OC)c1. The molecule has 3 aromatic rings. The van der Waals surface area contributed by atoms with E-state index in [0.29, 0.717) is 28.3 Å². The molecule has 3 aromatic carbocycles. The number of rotatable bonds is 8. The van der Waals surface area contributed by atoms with Crippen molar-refractivity contribution in [1.82, 2.24) is 4.83 Å². The molecule has 10 heteroatoms. The number of hydrogen-bond donors (Lipinski definition) is 2. The van der Waals surface area contributed by atoms with Crippen LogP contribution in [0.3, 0.4) is 0 Å². The van der Waals surface area contributed by atoms with Gasteiger partial charge in [0.25, 0.3) is 15.9 Å². The highest BCUT2D eigenvalue weighted by molar-refractivity contribution is 7.89. The Bertz CT molecular complexity index is 1270. The first-order valence-electron chi connectivity index (χ1n) is 9.69. The lowest BCUT2D eigenvalue weighted by atomic mass is 10.1. The minimum atomic E-state index is -3.99. The van der Waals surface area contributed by atoms with Crippen LogP contribution in [0.2, 0.25) is 0 Å². The van der Waals surface area contributed by atoms with E-state index in [1.165, 1.54) is 56.7 Å². The monoisotopic (exact) mass is 471 g/mol. The van der Waals surface area contributed by atoms with Gasteiger partial charge in [0.05, 0.1) is 19.9 Å². The molecule has 33 heavy (non-hydrogen) atoms. The van der Waals surface area contributed by atoms with Crippen molar-refractivity contribution in [3.05, 3.63) is 83.7 Å². The van der Waals surface area contributed by atoms with Gasteiger partial charge in [0, 0.05) is 17.3 Å². The van der Waals surface area contributed by atoms with Crippen molar-refractivity contribution in [3.8, 4) is 11.5 Å². The lowest BCUT2D eigenvalue weighted by molar-refractivity contribution is 0.102. The summed E-state index contributed by atoms with van der Waals surface area (Å²) < 4.78 is 48.6. The molecule has 0 aliphatic carbocycles. The Labute approximate surface area is 191 Å². The van der Waals surface area contributed by atoms with Crippen LogP contribution in [0.4, 0.5) is 10.1 Å². The number of nitrogens with zero attached hydrogens (tertiary/aromatic N) is 1. The molecule has 1 amide bonds. The summed E-state index contributed by atoms with van der Waals surface area (Å²) in [6.07, 6.45) is 0. The standard InChI is InChI=1S/C23H22FN3O5S/c1-15(26-27-33(29,30)22-13-12-20(31-2)14-21(22)32-3)16-6-10-19(11-7-16)25-23(28)17-4-8-18(24)9-5-17/h4-14,27H,1-3H3,(H,25,28)/b26-15-. The summed E-state index contributed by atoms with van der Waals surface area (Å²) >= 11 is 0. The van der Waals surface area contributed by atoms with Crippen LogP contribution in [0.25, 0.3) is 0 Å². The van der Waals surface area contributed by atoms with E-state index in [9.17, 15) is 17.6 Å². The zero-order valence-corrected chi connectivity index (χ0v) is 18.9. The Morgan fingerprint density at radius 3 is 2.15 bits per heavy atom. The lowest BCUT2D eigenvalue weighted by Gasteiger charge is -2.11. The van der Waals surface area contributed by atoms with Crippen molar-refractivity contribution >= 4 is 27.3 Å². The van der Waals surface area contributed by atoms with Gasteiger partial charge in [-0.15, -0.1) is 0 Å². The van der Waals surface area contributed by atoms with Gasteiger partial charge in [-0.1, -0.05) is 12.1 Å². The highest BCUT2D eigenvalue weighted by Gasteiger charge is 2.20. The smallest absolute Gasteiger partial charge is 0.280 e. The molecule has 0 atom stereocenters. The Balaban J connectivity index is 1.70. The van der Waals surface area contributed by atoms with Gasteiger partial charge < -0.3 is 14.8 Å². The maximum absolute atomic E-state index is 13.0. The molecule has 0 radical (unpaired) electrons. The number of ether oxygens (including phenoxy) is 2. The van der Waals surface area contributed by atoms with Crippen molar-refractivity contribution in [2.75, 3.05) is 19.5 Å². The van der Waals surface area contributed by atoms with E-state index >= 15 is 0 Å². The van der Waals surface area contributed by atoms with Crippen LogP contribution < -0.4 is 19.6 Å². The van der Waals surface area contributed by atoms with Crippen LogP contribution >= 0.6 is 0 Å². The molecule has 0 unspecified atom stereocenters. The van der Waals surface area contributed by atoms with Crippen molar-refractivity contribution in [2.24, 2.45) is 5.10 Å². The number of carbonyl (C=O) groups is 1. The number of carbonyl (C=O) groups excluding carboxylic acids is 1. The van der Waals surface area contributed by atoms with Crippen LogP contribution in [0.5, 0.6) is 11.5 Å². The van der Waals surface area contributed by atoms with E-state index in [-0.39, 0.29) is 16.6 Å². The second-order valence-electron chi connectivity index (χ2n) is 6.85. The molecule has 0 fully saturated rings. The Hall–Kier alpha value is -3.92. The second kappa shape index (κ2) is 10.1.